The molecule has 1 saturated heterocycles. The molecule has 0 aromatic heterocycles. The second kappa shape index (κ2) is 7.38. The highest BCUT2D eigenvalue weighted by atomic mass is 19.3. The minimum atomic E-state index is -2.12. The highest BCUT2D eigenvalue weighted by molar-refractivity contribution is 5.21. The third-order valence-electron chi connectivity index (χ3n) is 2.70. The van der Waals surface area contributed by atoms with Crippen molar-refractivity contribution >= 4 is 0 Å². The van der Waals surface area contributed by atoms with E-state index in [1.54, 1.807) is 11.1 Å². The van der Waals surface area contributed by atoms with E-state index in [-0.39, 0.29) is 18.3 Å². The van der Waals surface area contributed by atoms with Crippen molar-refractivity contribution < 1.29 is 18.0 Å². The maximum atomic E-state index is 13.3. The van der Waals surface area contributed by atoms with Crippen LogP contribution in [-0.4, -0.2) is 25.1 Å². The number of nitrogens with zero attached hydrogens (tertiary/aromatic N) is 1. The van der Waals surface area contributed by atoms with E-state index in [1.165, 1.54) is 13.0 Å². The Balaban J connectivity index is 0.000000280. The van der Waals surface area contributed by atoms with Crippen LogP contribution in [0.15, 0.2) is 24.3 Å². The van der Waals surface area contributed by atoms with Crippen molar-refractivity contribution in [3.8, 4) is 0 Å². The van der Waals surface area contributed by atoms with Crippen LogP contribution in [0.1, 0.15) is 31.4 Å². The van der Waals surface area contributed by atoms with Gasteiger partial charge in [0.15, 0.2) is 0 Å². The Morgan fingerprint density at radius 1 is 1.39 bits per heavy atom. The van der Waals surface area contributed by atoms with Gasteiger partial charge in [-0.2, -0.15) is 5.06 Å². The fraction of sp³-hybridized carbons (Fsp3) is 0.538. The first-order chi connectivity index (χ1) is 8.56. The molecule has 1 fully saturated rings. The molecule has 1 heterocycles. The summed E-state index contributed by atoms with van der Waals surface area (Å²) in [5.41, 5.74) is 0.725. The van der Waals surface area contributed by atoms with E-state index in [4.69, 9.17) is 4.84 Å². The molecule has 1 aliphatic rings. The largest absolute Gasteiger partial charge is 0.299 e. The molecule has 0 saturated carbocycles. The molecule has 0 radical (unpaired) electrons. The Hall–Kier alpha value is -1.07. The lowest BCUT2D eigenvalue weighted by atomic mass is 10.0. The number of hydrogen-bond donors (Lipinski definition) is 0. The molecular formula is C13H18F3NO. The number of hydrogen-bond acceptors (Lipinski definition) is 2. The summed E-state index contributed by atoms with van der Waals surface area (Å²) in [4.78, 5) is 5.24. The van der Waals surface area contributed by atoms with Crippen molar-refractivity contribution in [3.63, 3.8) is 0 Å². The summed E-state index contributed by atoms with van der Waals surface area (Å²) in [5.74, 6) is -0.148. The summed E-state index contributed by atoms with van der Waals surface area (Å²) >= 11 is 0. The Kier molecular flexibility index (Phi) is 6.15. The van der Waals surface area contributed by atoms with Crippen LogP contribution in [0.4, 0.5) is 13.2 Å². The van der Waals surface area contributed by atoms with Crippen LogP contribution in [0.5, 0.6) is 0 Å². The summed E-state index contributed by atoms with van der Waals surface area (Å²) in [6.45, 7) is 2.13. The Morgan fingerprint density at radius 3 is 2.44 bits per heavy atom. The molecule has 2 nitrogen and oxygen atoms in total. The number of alkyl halides is 2. The number of hydroxylamine groups is 2. The van der Waals surface area contributed by atoms with Gasteiger partial charge in [-0.1, -0.05) is 25.1 Å². The molecule has 5 heteroatoms. The van der Waals surface area contributed by atoms with Crippen LogP contribution < -0.4 is 0 Å². The summed E-state index contributed by atoms with van der Waals surface area (Å²) in [6, 6.07) is 6.92. The van der Waals surface area contributed by atoms with E-state index in [9.17, 15) is 13.2 Å². The summed E-state index contributed by atoms with van der Waals surface area (Å²) < 4.78 is 34.9. The van der Waals surface area contributed by atoms with Crippen LogP contribution in [0.2, 0.25) is 0 Å². The second-order valence-electron chi connectivity index (χ2n) is 4.00. The fourth-order valence-electron chi connectivity index (χ4n) is 1.68. The molecule has 2 rings (SSSR count). The summed E-state index contributed by atoms with van der Waals surface area (Å²) in [5, 5.41) is 1.72. The Labute approximate surface area is 105 Å². The molecule has 18 heavy (non-hydrogen) atoms. The minimum Gasteiger partial charge on any atom is -0.299 e. The van der Waals surface area contributed by atoms with Gasteiger partial charge in [-0.25, -0.2) is 13.2 Å². The van der Waals surface area contributed by atoms with Crippen molar-refractivity contribution in [2.24, 2.45) is 0 Å². The second-order valence-corrected chi connectivity index (χ2v) is 4.00. The van der Waals surface area contributed by atoms with Gasteiger partial charge in [0.2, 0.25) is 6.43 Å². The third kappa shape index (κ3) is 4.31. The molecule has 0 N–H and O–H groups in total. The van der Waals surface area contributed by atoms with Crippen molar-refractivity contribution in [3.05, 3.63) is 35.6 Å². The number of rotatable bonds is 2. The van der Waals surface area contributed by atoms with Crippen LogP contribution in [0.3, 0.4) is 0 Å². The van der Waals surface area contributed by atoms with Gasteiger partial charge >= 0.3 is 0 Å². The van der Waals surface area contributed by atoms with Crippen LogP contribution >= 0.6 is 0 Å². The van der Waals surface area contributed by atoms with Crippen LogP contribution in [-0.2, 0) is 4.84 Å². The SMILES string of the molecule is CCC(F)F.CN1OCCC1c1ccccc1F. The topological polar surface area (TPSA) is 12.5 Å². The molecule has 0 spiro atoms. The zero-order valence-electron chi connectivity index (χ0n) is 10.6. The molecular weight excluding hydrogens is 243 g/mol. The quantitative estimate of drug-likeness (QED) is 0.803. The number of halogens is 3. The van der Waals surface area contributed by atoms with Gasteiger partial charge in [-0.3, -0.25) is 4.84 Å². The lowest BCUT2D eigenvalue weighted by molar-refractivity contribution is -0.111. The van der Waals surface area contributed by atoms with Crippen molar-refractivity contribution in [1.29, 1.82) is 0 Å². The Morgan fingerprint density at radius 2 is 2.00 bits per heavy atom. The minimum absolute atomic E-state index is 0.0278. The fourth-order valence-corrected chi connectivity index (χ4v) is 1.68. The van der Waals surface area contributed by atoms with E-state index in [1.807, 2.05) is 19.2 Å². The molecule has 102 valence electrons. The van der Waals surface area contributed by atoms with Gasteiger partial charge in [0.1, 0.15) is 5.82 Å². The maximum Gasteiger partial charge on any atom is 0.238 e. The average molecular weight is 261 g/mol. The molecule has 1 aromatic rings. The molecule has 0 aliphatic carbocycles. The first kappa shape index (κ1) is 15.0. The van der Waals surface area contributed by atoms with Gasteiger partial charge in [-0.05, 0) is 12.5 Å². The van der Waals surface area contributed by atoms with E-state index >= 15 is 0 Å². The van der Waals surface area contributed by atoms with E-state index in [2.05, 4.69) is 0 Å². The molecule has 1 unspecified atom stereocenters. The normalized spacial score (nSPS) is 19.8. The molecule has 0 bridgehead atoms. The van der Waals surface area contributed by atoms with E-state index in [0.717, 1.165) is 12.0 Å². The first-order valence-corrected chi connectivity index (χ1v) is 5.94. The smallest absolute Gasteiger partial charge is 0.238 e. The van der Waals surface area contributed by atoms with Gasteiger partial charge in [0, 0.05) is 19.0 Å². The maximum absolute atomic E-state index is 13.3. The van der Waals surface area contributed by atoms with Gasteiger partial charge in [0.05, 0.1) is 12.6 Å². The molecule has 1 atom stereocenters. The van der Waals surface area contributed by atoms with Crippen molar-refractivity contribution in [2.45, 2.75) is 32.2 Å². The average Bonchev–Trinajstić information content (AvgIpc) is 2.77. The highest BCUT2D eigenvalue weighted by Gasteiger charge is 2.25. The number of benzene rings is 1. The van der Waals surface area contributed by atoms with E-state index < -0.39 is 6.43 Å². The highest BCUT2D eigenvalue weighted by Crippen LogP contribution is 2.29. The van der Waals surface area contributed by atoms with E-state index in [0.29, 0.717) is 6.61 Å². The molecule has 0 amide bonds. The lowest BCUT2D eigenvalue weighted by Crippen LogP contribution is -2.17. The van der Waals surface area contributed by atoms with Crippen LogP contribution in [0, 0.1) is 5.82 Å². The van der Waals surface area contributed by atoms with Gasteiger partial charge < -0.3 is 0 Å². The zero-order valence-corrected chi connectivity index (χ0v) is 10.6. The molecule has 1 aliphatic heterocycles. The monoisotopic (exact) mass is 261 g/mol. The van der Waals surface area contributed by atoms with Gasteiger partial charge in [0.25, 0.3) is 0 Å². The predicted octanol–water partition coefficient (Wildman–Crippen LogP) is 3.80. The molecule has 1 aromatic carbocycles. The summed E-state index contributed by atoms with van der Waals surface area (Å²) in [7, 11) is 1.84. The first-order valence-electron chi connectivity index (χ1n) is 5.94. The summed E-state index contributed by atoms with van der Waals surface area (Å²) in [6.07, 6.45) is -1.28. The van der Waals surface area contributed by atoms with Crippen molar-refractivity contribution in [2.75, 3.05) is 13.7 Å². The van der Waals surface area contributed by atoms with Gasteiger partial charge in [-0.15, -0.1) is 0 Å². The standard InChI is InChI=1S/C10H12FNO.C3H6F2/c1-12-10(6-7-13-12)8-4-2-3-5-9(8)11;1-2-3(4)5/h2-5,10H,6-7H2,1H3;3H,2H2,1H3. The zero-order chi connectivity index (χ0) is 13.5. The van der Waals surface area contributed by atoms with Crippen molar-refractivity contribution in [1.82, 2.24) is 5.06 Å². The lowest BCUT2D eigenvalue weighted by Gasteiger charge is -2.17. The third-order valence-corrected chi connectivity index (χ3v) is 2.70. The predicted molar refractivity (Wildman–Crippen MR) is 63.8 cm³/mol. The Bertz CT molecular complexity index is 360. The van der Waals surface area contributed by atoms with Crippen LogP contribution in [0.25, 0.3) is 0 Å².